The number of hydrogen-bond donors (Lipinski definition) is 1. The van der Waals surface area contributed by atoms with Crippen LogP contribution in [-0.4, -0.2) is 6.54 Å². The smallest absolute Gasteiger partial charge is 0.129 e. The Balaban J connectivity index is 2.62. The van der Waals surface area contributed by atoms with Crippen LogP contribution >= 0.6 is 23.2 Å². The number of rotatable bonds is 4. The summed E-state index contributed by atoms with van der Waals surface area (Å²) in [6.45, 7) is 4.68. The fourth-order valence-electron chi connectivity index (χ4n) is 1.50. The third kappa shape index (κ3) is 3.78. The zero-order chi connectivity index (χ0) is 12.1. The summed E-state index contributed by atoms with van der Waals surface area (Å²) in [6, 6.07) is 3.65. The Kier molecular flexibility index (Phi) is 5.26. The molecular formula is C12H14Cl2FN. The molecule has 0 bridgehead atoms. The summed E-state index contributed by atoms with van der Waals surface area (Å²) in [5.74, 6) is -0.137. The van der Waals surface area contributed by atoms with E-state index in [9.17, 15) is 4.39 Å². The van der Waals surface area contributed by atoms with E-state index < -0.39 is 0 Å². The lowest BCUT2D eigenvalue weighted by Crippen LogP contribution is -2.15. The monoisotopic (exact) mass is 261 g/mol. The van der Waals surface area contributed by atoms with Crippen LogP contribution in [0.15, 0.2) is 22.7 Å². The van der Waals surface area contributed by atoms with E-state index in [1.807, 2.05) is 12.1 Å². The van der Waals surface area contributed by atoms with Crippen LogP contribution in [-0.2, 0) is 6.54 Å². The molecule has 0 fully saturated rings. The molecule has 0 atom stereocenters. The average molecular weight is 262 g/mol. The molecule has 0 amide bonds. The Morgan fingerprint density at radius 1 is 1.38 bits per heavy atom. The second kappa shape index (κ2) is 6.24. The van der Waals surface area contributed by atoms with Gasteiger partial charge < -0.3 is 5.32 Å². The third-order valence-corrected chi connectivity index (χ3v) is 2.86. The van der Waals surface area contributed by atoms with Gasteiger partial charge in [-0.25, -0.2) is 4.39 Å². The zero-order valence-electron chi connectivity index (χ0n) is 9.28. The standard InChI is InChI=1S/C12H14Cl2FN/c1-8-3-10(4-9(2)12(8)15)6-16-7-11(14)5-13/h3-5,16H,6-7H2,1-2H3. The highest BCUT2D eigenvalue weighted by molar-refractivity contribution is 6.36. The van der Waals surface area contributed by atoms with Crippen molar-refractivity contribution in [2.75, 3.05) is 6.54 Å². The number of halogens is 3. The molecule has 0 heterocycles. The lowest BCUT2D eigenvalue weighted by molar-refractivity contribution is 0.607. The first-order valence-electron chi connectivity index (χ1n) is 4.95. The second-order valence-electron chi connectivity index (χ2n) is 3.70. The molecule has 1 rings (SSSR count). The van der Waals surface area contributed by atoms with E-state index in [1.54, 1.807) is 13.8 Å². The molecule has 88 valence electrons. The SMILES string of the molecule is Cc1cc(CNCC(Cl)=CCl)cc(C)c1F. The molecule has 0 saturated carbocycles. The van der Waals surface area contributed by atoms with Gasteiger partial charge in [-0.15, -0.1) is 0 Å². The van der Waals surface area contributed by atoms with Gasteiger partial charge in [0.25, 0.3) is 0 Å². The predicted octanol–water partition coefficient (Wildman–Crippen LogP) is 3.85. The molecule has 0 aliphatic heterocycles. The van der Waals surface area contributed by atoms with E-state index in [2.05, 4.69) is 5.32 Å². The van der Waals surface area contributed by atoms with Crippen molar-refractivity contribution in [3.8, 4) is 0 Å². The summed E-state index contributed by atoms with van der Waals surface area (Å²) in [5, 5.41) is 3.67. The van der Waals surface area contributed by atoms with Gasteiger partial charge >= 0.3 is 0 Å². The molecule has 4 heteroatoms. The van der Waals surface area contributed by atoms with E-state index in [4.69, 9.17) is 23.2 Å². The number of benzene rings is 1. The van der Waals surface area contributed by atoms with Crippen molar-refractivity contribution < 1.29 is 4.39 Å². The Bertz CT molecular complexity index is 379. The van der Waals surface area contributed by atoms with E-state index in [0.717, 1.165) is 5.56 Å². The fourth-order valence-corrected chi connectivity index (χ4v) is 1.67. The predicted molar refractivity (Wildman–Crippen MR) is 67.4 cm³/mol. The molecule has 0 unspecified atom stereocenters. The van der Waals surface area contributed by atoms with E-state index in [-0.39, 0.29) is 5.82 Å². The molecule has 1 aromatic rings. The van der Waals surface area contributed by atoms with Crippen molar-refractivity contribution in [3.63, 3.8) is 0 Å². The molecule has 0 aliphatic rings. The lowest BCUT2D eigenvalue weighted by atomic mass is 10.1. The molecule has 0 saturated heterocycles. The highest BCUT2D eigenvalue weighted by Gasteiger charge is 2.03. The van der Waals surface area contributed by atoms with Gasteiger partial charge in [0.15, 0.2) is 0 Å². The molecule has 16 heavy (non-hydrogen) atoms. The van der Waals surface area contributed by atoms with E-state index in [1.165, 1.54) is 5.54 Å². The first-order valence-corrected chi connectivity index (χ1v) is 5.77. The van der Waals surface area contributed by atoms with Gasteiger partial charge in [-0.1, -0.05) is 35.3 Å². The van der Waals surface area contributed by atoms with Gasteiger partial charge in [-0.3, -0.25) is 0 Å². The quantitative estimate of drug-likeness (QED) is 0.869. The van der Waals surface area contributed by atoms with Gasteiger partial charge in [-0.05, 0) is 30.5 Å². The normalized spacial score (nSPS) is 11.9. The molecule has 1 N–H and O–H groups in total. The summed E-state index contributed by atoms with van der Waals surface area (Å²) < 4.78 is 13.3. The van der Waals surface area contributed by atoms with Crippen LogP contribution in [0.5, 0.6) is 0 Å². The number of hydrogen-bond acceptors (Lipinski definition) is 1. The van der Waals surface area contributed by atoms with Crippen LogP contribution < -0.4 is 5.32 Å². The summed E-state index contributed by atoms with van der Waals surface area (Å²) in [6.07, 6.45) is 0. The Morgan fingerprint density at radius 2 is 1.94 bits per heavy atom. The van der Waals surface area contributed by atoms with Crippen molar-refractivity contribution in [3.05, 3.63) is 45.2 Å². The van der Waals surface area contributed by atoms with Gasteiger partial charge in [0, 0.05) is 23.7 Å². The molecular weight excluding hydrogens is 248 g/mol. The van der Waals surface area contributed by atoms with Crippen LogP contribution in [0.25, 0.3) is 0 Å². The third-order valence-electron chi connectivity index (χ3n) is 2.24. The van der Waals surface area contributed by atoms with Crippen LogP contribution in [0.2, 0.25) is 0 Å². The number of nitrogens with one attached hydrogen (secondary N) is 1. The second-order valence-corrected chi connectivity index (χ2v) is 4.41. The molecule has 0 spiro atoms. The highest BCUT2D eigenvalue weighted by Crippen LogP contribution is 2.14. The Hall–Kier alpha value is -0.570. The average Bonchev–Trinajstić information content (AvgIpc) is 2.25. The van der Waals surface area contributed by atoms with Crippen molar-refractivity contribution in [2.45, 2.75) is 20.4 Å². The van der Waals surface area contributed by atoms with Gasteiger partial charge in [0.05, 0.1) is 0 Å². The highest BCUT2D eigenvalue weighted by atomic mass is 35.5. The fraction of sp³-hybridized carbons (Fsp3) is 0.333. The minimum absolute atomic E-state index is 0.137. The van der Waals surface area contributed by atoms with Crippen LogP contribution in [0, 0.1) is 19.7 Å². The van der Waals surface area contributed by atoms with Crippen LogP contribution in [0.4, 0.5) is 4.39 Å². The van der Waals surface area contributed by atoms with Crippen molar-refractivity contribution in [2.24, 2.45) is 0 Å². The maximum absolute atomic E-state index is 13.3. The zero-order valence-corrected chi connectivity index (χ0v) is 10.8. The van der Waals surface area contributed by atoms with Crippen LogP contribution in [0.1, 0.15) is 16.7 Å². The van der Waals surface area contributed by atoms with Crippen LogP contribution in [0.3, 0.4) is 0 Å². The molecule has 0 aromatic heterocycles. The topological polar surface area (TPSA) is 12.0 Å². The summed E-state index contributed by atoms with van der Waals surface area (Å²) in [5.41, 5.74) is 3.69. The summed E-state index contributed by atoms with van der Waals surface area (Å²) in [4.78, 5) is 0. The Labute approximate surface area is 105 Å². The van der Waals surface area contributed by atoms with E-state index in [0.29, 0.717) is 29.2 Å². The van der Waals surface area contributed by atoms with Gasteiger partial charge in [0.2, 0.25) is 0 Å². The summed E-state index contributed by atoms with van der Waals surface area (Å²) >= 11 is 11.1. The first-order chi connectivity index (χ1) is 7.54. The molecule has 0 aliphatic carbocycles. The number of aryl methyl sites for hydroxylation is 2. The van der Waals surface area contributed by atoms with Gasteiger partial charge in [-0.2, -0.15) is 0 Å². The van der Waals surface area contributed by atoms with Gasteiger partial charge in [0.1, 0.15) is 5.82 Å². The maximum atomic E-state index is 13.3. The summed E-state index contributed by atoms with van der Waals surface area (Å²) in [7, 11) is 0. The largest absolute Gasteiger partial charge is 0.308 e. The first kappa shape index (κ1) is 13.5. The van der Waals surface area contributed by atoms with Crippen molar-refractivity contribution in [1.82, 2.24) is 5.32 Å². The minimum atomic E-state index is -0.137. The maximum Gasteiger partial charge on any atom is 0.129 e. The van der Waals surface area contributed by atoms with E-state index >= 15 is 0 Å². The minimum Gasteiger partial charge on any atom is -0.308 e. The van der Waals surface area contributed by atoms with Crippen molar-refractivity contribution >= 4 is 23.2 Å². The molecule has 0 radical (unpaired) electrons. The Morgan fingerprint density at radius 3 is 2.44 bits per heavy atom. The van der Waals surface area contributed by atoms with Crippen molar-refractivity contribution in [1.29, 1.82) is 0 Å². The molecule has 1 aromatic carbocycles. The molecule has 1 nitrogen and oxygen atoms in total. The lowest BCUT2D eigenvalue weighted by Gasteiger charge is -2.07.